The number of ether oxygens (including phenoxy) is 1. The van der Waals surface area contributed by atoms with Gasteiger partial charge in [0.05, 0.1) is 22.6 Å². The van der Waals surface area contributed by atoms with Gasteiger partial charge in [-0.2, -0.15) is 0 Å². The zero-order valence-corrected chi connectivity index (χ0v) is 13.8. The fraction of sp³-hybridized carbons (Fsp3) is 0.500. The standard InChI is InChI=1S/C14H19ClN2O4S/c1-21-14(18)10-7-6-9(8-11(10)15)22(19,20)17-13-5-3-2-4-12(13)16/h6-8,12-13,17H,2-5,16H2,1H3/t12-,13-/m1/s1. The molecule has 0 radical (unpaired) electrons. The number of halogens is 1. The smallest absolute Gasteiger partial charge is 0.339 e. The number of nitrogens with one attached hydrogen (secondary N) is 1. The summed E-state index contributed by atoms with van der Waals surface area (Å²) >= 11 is 5.96. The average Bonchev–Trinajstić information content (AvgIpc) is 2.48. The Morgan fingerprint density at radius 3 is 2.64 bits per heavy atom. The summed E-state index contributed by atoms with van der Waals surface area (Å²) in [5, 5.41) is 0.0302. The molecule has 1 fully saturated rings. The Hall–Kier alpha value is -1.15. The van der Waals surface area contributed by atoms with Crippen LogP contribution in [0.3, 0.4) is 0 Å². The molecule has 1 aromatic rings. The molecule has 2 atom stereocenters. The van der Waals surface area contributed by atoms with Crippen molar-refractivity contribution in [3.8, 4) is 0 Å². The fourth-order valence-electron chi connectivity index (χ4n) is 2.51. The molecule has 0 unspecified atom stereocenters. The van der Waals surface area contributed by atoms with E-state index >= 15 is 0 Å². The van der Waals surface area contributed by atoms with Crippen LogP contribution in [-0.4, -0.2) is 33.6 Å². The van der Waals surface area contributed by atoms with Crippen molar-refractivity contribution in [2.45, 2.75) is 42.7 Å². The number of nitrogens with two attached hydrogens (primary N) is 1. The molecule has 1 aliphatic carbocycles. The minimum atomic E-state index is -3.73. The molecule has 1 aromatic carbocycles. The van der Waals surface area contributed by atoms with Gasteiger partial charge in [-0.25, -0.2) is 17.9 Å². The van der Waals surface area contributed by atoms with E-state index in [-0.39, 0.29) is 27.6 Å². The maximum absolute atomic E-state index is 12.4. The highest BCUT2D eigenvalue weighted by Gasteiger charge is 2.27. The molecule has 0 saturated heterocycles. The van der Waals surface area contributed by atoms with Crippen LogP contribution in [0, 0.1) is 0 Å². The lowest BCUT2D eigenvalue weighted by molar-refractivity contribution is 0.0601. The third-order valence-electron chi connectivity index (χ3n) is 3.78. The highest BCUT2D eigenvalue weighted by molar-refractivity contribution is 7.89. The summed E-state index contributed by atoms with van der Waals surface area (Å²) in [5.41, 5.74) is 6.08. The average molecular weight is 347 g/mol. The second-order valence-corrected chi connectivity index (χ2v) is 7.43. The Balaban J connectivity index is 2.22. The number of hydrogen-bond acceptors (Lipinski definition) is 5. The molecule has 22 heavy (non-hydrogen) atoms. The summed E-state index contributed by atoms with van der Waals surface area (Å²) < 4.78 is 32.0. The maximum Gasteiger partial charge on any atom is 0.339 e. The van der Waals surface area contributed by atoms with Crippen molar-refractivity contribution in [1.82, 2.24) is 4.72 Å². The van der Waals surface area contributed by atoms with Gasteiger partial charge in [-0.05, 0) is 31.0 Å². The lowest BCUT2D eigenvalue weighted by Gasteiger charge is -2.29. The van der Waals surface area contributed by atoms with E-state index in [1.54, 1.807) is 0 Å². The fourth-order valence-corrected chi connectivity index (χ4v) is 4.18. The van der Waals surface area contributed by atoms with Gasteiger partial charge in [-0.1, -0.05) is 24.4 Å². The number of sulfonamides is 1. The number of hydrogen-bond donors (Lipinski definition) is 2. The number of carbonyl (C=O) groups excluding carboxylic acids is 1. The minimum Gasteiger partial charge on any atom is -0.465 e. The first-order valence-electron chi connectivity index (χ1n) is 7.01. The minimum absolute atomic E-state index is 0.00271. The second-order valence-electron chi connectivity index (χ2n) is 5.31. The molecule has 1 aliphatic rings. The van der Waals surface area contributed by atoms with Crippen LogP contribution in [0.25, 0.3) is 0 Å². The van der Waals surface area contributed by atoms with Gasteiger partial charge in [-0.15, -0.1) is 0 Å². The third-order valence-corrected chi connectivity index (χ3v) is 5.58. The predicted octanol–water partition coefficient (Wildman–Crippen LogP) is 1.67. The first-order valence-corrected chi connectivity index (χ1v) is 8.87. The quantitative estimate of drug-likeness (QED) is 0.808. The zero-order valence-electron chi connectivity index (χ0n) is 12.2. The van der Waals surface area contributed by atoms with Gasteiger partial charge in [0.15, 0.2) is 0 Å². The highest BCUT2D eigenvalue weighted by Crippen LogP contribution is 2.23. The summed E-state index contributed by atoms with van der Waals surface area (Å²) in [4.78, 5) is 11.5. The molecule has 0 aliphatic heterocycles. The molecule has 0 aromatic heterocycles. The van der Waals surface area contributed by atoms with Gasteiger partial charge in [0, 0.05) is 12.1 Å². The van der Waals surface area contributed by atoms with E-state index in [9.17, 15) is 13.2 Å². The van der Waals surface area contributed by atoms with E-state index in [4.69, 9.17) is 17.3 Å². The van der Waals surface area contributed by atoms with Crippen molar-refractivity contribution in [2.75, 3.05) is 7.11 Å². The Bertz CT molecular complexity index is 663. The van der Waals surface area contributed by atoms with Gasteiger partial charge >= 0.3 is 5.97 Å². The largest absolute Gasteiger partial charge is 0.465 e. The van der Waals surface area contributed by atoms with Crippen LogP contribution in [0.2, 0.25) is 5.02 Å². The molecular formula is C14H19ClN2O4S. The van der Waals surface area contributed by atoms with Crippen molar-refractivity contribution >= 4 is 27.6 Å². The van der Waals surface area contributed by atoms with Gasteiger partial charge < -0.3 is 10.5 Å². The topological polar surface area (TPSA) is 98.5 Å². The van der Waals surface area contributed by atoms with E-state index in [1.165, 1.54) is 25.3 Å². The van der Waals surface area contributed by atoms with Crippen molar-refractivity contribution in [2.24, 2.45) is 5.73 Å². The highest BCUT2D eigenvalue weighted by atomic mass is 35.5. The lowest BCUT2D eigenvalue weighted by atomic mass is 9.92. The molecule has 0 amide bonds. The molecule has 0 heterocycles. The maximum atomic E-state index is 12.4. The Labute approximate surface area is 135 Å². The van der Waals surface area contributed by atoms with E-state index in [2.05, 4.69) is 9.46 Å². The zero-order chi connectivity index (χ0) is 16.3. The van der Waals surface area contributed by atoms with Crippen molar-refractivity contribution in [1.29, 1.82) is 0 Å². The Morgan fingerprint density at radius 1 is 1.36 bits per heavy atom. The molecule has 8 heteroatoms. The lowest BCUT2D eigenvalue weighted by Crippen LogP contribution is -2.49. The SMILES string of the molecule is COC(=O)c1ccc(S(=O)(=O)N[C@@H]2CCCC[C@H]2N)cc1Cl. The second kappa shape index (κ2) is 6.95. The first kappa shape index (κ1) is 17.2. The van der Waals surface area contributed by atoms with Crippen LogP contribution in [0.4, 0.5) is 0 Å². The van der Waals surface area contributed by atoms with Crippen LogP contribution in [0.5, 0.6) is 0 Å². The number of carbonyl (C=O) groups is 1. The molecule has 6 nitrogen and oxygen atoms in total. The normalized spacial score (nSPS) is 22.3. The molecule has 0 spiro atoms. The molecule has 2 rings (SSSR count). The summed E-state index contributed by atoms with van der Waals surface area (Å²) in [6, 6.07) is 3.44. The van der Waals surface area contributed by atoms with Crippen LogP contribution >= 0.6 is 11.6 Å². The van der Waals surface area contributed by atoms with Gasteiger partial charge in [0.1, 0.15) is 0 Å². The van der Waals surface area contributed by atoms with E-state index in [1.807, 2.05) is 0 Å². The Morgan fingerprint density at radius 2 is 2.05 bits per heavy atom. The Kier molecular flexibility index (Phi) is 5.44. The summed E-state index contributed by atoms with van der Waals surface area (Å²) in [5.74, 6) is -0.615. The first-order chi connectivity index (χ1) is 10.3. The molecule has 1 saturated carbocycles. The van der Waals surface area contributed by atoms with Crippen molar-refractivity contribution < 1.29 is 17.9 Å². The van der Waals surface area contributed by atoms with Gasteiger partial charge in [0.25, 0.3) is 0 Å². The van der Waals surface area contributed by atoms with E-state index in [0.717, 1.165) is 19.3 Å². The number of rotatable bonds is 4. The van der Waals surface area contributed by atoms with E-state index in [0.29, 0.717) is 6.42 Å². The van der Waals surface area contributed by atoms with Gasteiger partial charge in [-0.3, -0.25) is 0 Å². The number of benzene rings is 1. The number of esters is 1. The third kappa shape index (κ3) is 3.78. The molecule has 3 N–H and O–H groups in total. The van der Waals surface area contributed by atoms with E-state index < -0.39 is 16.0 Å². The van der Waals surface area contributed by atoms with Crippen LogP contribution in [0.15, 0.2) is 23.1 Å². The summed E-state index contributed by atoms with van der Waals surface area (Å²) in [6.45, 7) is 0. The summed E-state index contributed by atoms with van der Waals surface area (Å²) in [7, 11) is -2.50. The van der Waals surface area contributed by atoms with Gasteiger partial charge in [0.2, 0.25) is 10.0 Å². The van der Waals surface area contributed by atoms with Crippen molar-refractivity contribution in [3.05, 3.63) is 28.8 Å². The summed E-state index contributed by atoms with van der Waals surface area (Å²) in [6.07, 6.45) is 3.48. The van der Waals surface area contributed by atoms with Crippen LogP contribution < -0.4 is 10.5 Å². The number of methoxy groups -OCH3 is 1. The predicted molar refractivity (Wildman–Crippen MR) is 83.3 cm³/mol. The molecule has 122 valence electrons. The molecule has 0 bridgehead atoms. The monoisotopic (exact) mass is 346 g/mol. The van der Waals surface area contributed by atoms with Crippen LogP contribution in [-0.2, 0) is 14.8 Å². The molecular weight excluding hydrogens is 328 g/mol. The van der Waals surface area contributed by atoms with Crippen molar-refractivity contribution in [3.63, 3.8) is 0 Å². The van der Waals surface area contributed by atoms with Crippen LogP contribution in [0.1, 0.15) is 36.0 Å².